The first-order chi connectivity index (χ1) is 7.24. The van der Waals surface area contributed by atoms with Crippen molar-refractivity contribution in [3.63, 3.8) is 0 Å². The van der Waals surface area contributed by atoms with Crippen LogP contribution in [0.25, 0.3) is 0 Å². The lowest BCUT2D eigenvalue weighted by atomic mass is 10.1. The highest BCUT2D eigenvalue weighted by molar-refractivity contribution is 5.87. The number of benzene rings is 1. The lowest BCUT2D eigenvalue weighted by Crippen LogP contribution is -1.94. The van der Waals surface area contributed by atoms with E-state index in [0.29, 0.717) is 0 Å². The van der Waals surface area contributed by atoms with Gasteiger partial charge in [0.15, 0.2) is 0 Å². The van der Waals surface area contributed by atoms with Crippen molar-refractivity contribution >= 4 is 5.97 Å². The van der Waals surface area contributed by atoms with Gasteiger partial charge in [-0.3, -0.25) is 0 Å². The Balaban J connectivity index is 2.79. The molecule has 0 bridgehead atoms. The topological polar surface area (TPSA) is 37.3 Å². The van der Waals surface area contributed by atoms with Gasteiger partial charge in [-0.05, 0) is 36.1 Å². The maximum atomic E-state index is 10.6. The molecule has 2 nitrogen and oxygen atoms in total. The van der Waals surface area contributed by atoms with Crippen LogP contribution in [0.15, 0.2) is 24.3 Å². The molecular weight excluding hydrogens is 188 g/mol. The van der Waals surface area contributed by atoms with E-state index in [-0.39, 0.29) is 5.56 Å². The van der Waals surface area contributed by atoms with Crippen molar-refractivity contribution < 1.29 is 9.90 Å². The van der Waals surface area contributed by atoms with Gasteiger partial charge in [0.25, 0.3) is 0 Å². The first kappa shape index (κ1) is 10.9. The van der Waals surface area contributed by atoms with E-state index in [1.807, 2.05) is 6.92 Å². The lowest BCUT2D eigenvalue weighted by molar-refractivity contribution is 0.0697. The Bertz CT molecular complexity index is 461. The number of carboxylic acid groups (broad SMARTS) is 1. The number of carbonyl (C=O) groups is 1. The van der Waals surface area contributed by atoms with E-state index < -0.39 is 5.97 Å². The normalized spacial score (nSPS) is 8.07. The van der Waals surface area contributed by atoms with Gasteiger partial charge in [0.1, 0.15) is 0 Å². The second-order valence-electron chi connectivity index (χ2n) is 2.79. The summed E-state index contributed by atoms with van der Waals surface area (Å²) in [6.45, 7) is 1.95. The smallest absolute Gasteiger partial charge is 0.335 e. The van der Waals surface area contributed by atoms with Crippen LogP contribution < -0.4 is 0 Å². The molecular formula is C13H10O2. The Hall–Kier alpha value is -2.19. The fourth-order valence-electron chi connectivity index (χ4n) is 0.932. The van der Waals surface area contributed by atoms with Crippen molar-refractivity contribution in [3.05, 3.63) is 35.4 Å². The van der Waals surface area contributed by atoms with Crippen molar-refractivity contribution in [3.8, 4) is 23.7 Å². The van der Waals surface area contributed by atoms with E-state index in [1.165, 1.54) is 12.1 Å². The summed E-state index contributed by atoms with van der Waals surface area (Å²) in [7, 11) is 0. The van der Waals surface area contributed by atoms with E-state index in [0.717, 1.165) is 12.0 Å². The molecule has 0 aromatic heterocycles. The zero-order valence-corrected chi connectivity index (χ0v) is 8.37. The molecule has 0 saturated heterocycles. The van der Waals surface area contributed by atoms with Crippen LogP contribution in [0.5, 0.6) is 0 Å². The van der Waals surface area contributed by atoms with Gasteiger partial charge >= 0.3 is 5.97 Å². The molecule has 0 unspecified atom stereocenters. The van der Waals surface area contributed by atoms with Gasteiger partial charge in [-0.1, -0.05) is 18.8 Å². The van der Waals surface area contributed by atoms with Gasteiger partial charge in [-0.25, -0.2) is 4.79 Å². The summed E-state index contributed by atoms with van der Waals surface area (Å²) in [5.41, 5.74) is 1.03. The summed E-state index contributed by atoms with van der Waals surface area (Å²) in [5, 5.41) is 8.66. The molecule has 0 fully saturated rings. The second-order valence-corrected chi connectivity index (χ2v) is 2.79. The summed E-state index contributed by atoms with van der Waals surface area (Å²) in [5.74, 6) is 10.1. The summed E-state index contributed by atoms with van der Waals surface area (Å²) in [6.07, 6.45) is 0.784. The van der Waals surface area contributed by atoms with Crippen LogP contribution in [-0.4, -0.2) is 11.1 Å². The van der Waals surface area contributed by atoms with Crippen molar-refractivity contribution in [2.75, 3.05) is 0 Å². The molecule has 15 heavy (non-hydrogen) atoms. The van der Waals surface area contributed by atoms with Gasteiger partial charge in [0.05, 0.1) is 5.56 Å². The molecule has 74 valence electrons. The Morgan fingerprint density at radius 1 is 1.27 bits per heavy atom. The number of carboxylic acids is 1. The molecule has 1 aromatic rings. The molecule has 0 atom stereocenters. The average Bonchev–Trinajstić information content (AvgIpc) is 2.25. The first-order valence-corrected chi connectivity index (χ1v) is 4.56. The Kier molecular flexibility index (Phi) is 4.01. The SMILES string of the molecule is CCC#CC#Cc1ccc(C(=O)O)cc1. The van der Waals surface area contributed by atoms with E-state index in [1.54, 1.807) is 12.1 Å². The minimum atomic E-state index is -0.930. The van der Waals surface area contributed by atoms with Gasteiger partial charge < -0.3 is 5.11 Å². The molecule has 1 aromatic carbocycles. The summed E-state index contributed by atoms with van der Waals surface area (Å²) < 4.78 is 0. The lowest BCUT2D eigenvalue weighted by Gasteiger charge is -1.92. The van der Waals surface area contributed by atoms with Crippen molar-refractivity contribution in [2.24, 2.45) is 0 Å². The van der Waals surface area contributed by atoms with Crippen LogP contribution in [-0.2, 0) is 0 Å². The predicted molar refractivity (Wildman–Crippen MR) is 58.3 cm³/mol. The van der Waals surface area contributed by atoms with Gasteiger partial charge in [0, 0.05) is 12.0 Å². The van der Waals surface area contributed by atoms with Gasteiger partial charge in [-0.2, -0.15) is 0 Å². The minimum Gasteiger partial charge on any atom is -0.478 e. The van der Waals surface area contributed by atoms with E-state index in [4.69, 9.17) is 5.11 Å². The maximum Gasteiger partial charge on any atom is 0.335 e. The molecule has 0 radical (unpaired) electrons. The Morgan fingerprint density at radius 2 is 1.93 bits per heavy atom. The molecule has 2 heteroatoms. The van der Waals surface area contributed by atoms with Crippen LogP contribution in [0, 0.1) is 23.7 Å². The molecule has 0 saturated carbocycles. The molecule has 0 heterocycles. The molecule has 1 N–H and O–H groups in total. The van der Waals surface area contributed by atoms with Gasteiger partial charge in [-0.15, -0.1) is 0 Å². The standard InChI is InChI=1S/C13H10O2/c1-2-3-4-5-6-11-7-9-12(10-8-11)13(14)15/h7-10H,2H2,1H3,(H,14,15). The van der Waals surface area contributed by atoms with Crippen LogP contribution in [0.3, 0.4) is 0 Å². The van der Waals surface area contributed by atoms with E-state index in [9.17, 15) is 4.79 Å². The average molecular weight is 198 g/mol. The van der Waals surface area contributed by atoms with Gasteiger partial charge in [0.2, 0.25) is 0 Å². The minimum absolute atomic E-state index is 0.264. The molecule has 0 aliphatic rings. The zero-order valence-electron chi connectivity index (χ0n) is 8.37. The van der Waals surface area contributed by atoms with Crippen LogP contribution in [0.4, 0.5) is 0 Å². The fraction of sp³-hybridized carbons (Fsp3) is 0.154. The number of hydrogen-bond donors (Lipinski definition) is 1. The number of aromatic carboxylic acids is 1. The van der Waals surface area contributed by atoms with Crippen LogP contribution >= 0.6 is 0 Å². The van der Waals surface area contributed by atoms with Crippen molar-refractivity contribution in [1.82, 2.24) is 0 Å². The highest BCUT2D eigenvalue weighted by atomic mass is 16.4. The maximum absolute atomic E-state index is 10.6. The van der Waals surface area contributed by atoms with E-state index >= 15 is 0 Å². The van der Waals surface area contributed by atoms with Crippen molar-refractivity contribution in [1.29, 1.82) is 0 Å². The quantitative estimate of drug-likeness (QED) is 0.702. The fourth-order valence-corrected chi connectivity index (χ4v) is 0.932. The summed E-state index contributed by atoms with van der Waals surface area (Å²) in [4.78, 5) is 10.6. The third-order valence-corrected chi connectivity index (χ3v) is 1.67. The summed E-state index contributed by atoms with van der Waals surface area (Å²) >= 11 is 0. The van der Waals surface area contributed by atoms with E-state index in [2.05, 4.69) is 23.7 Å². The number of rotatable bonds is 1. The predicted octanol–water partition coefficient (Wildman–Crippen LogP) is 2.15. The molecule has 0 aliphatic heterocycles. The Morgan fingerprint density at radius 3 is 2.47 bits per heavy atom. The third-order valence-electron chi connectivity index (χ3n) is 1.67. The monoisotopic (exact) mass is 198 g/mol. The highest BCUT2D eigenvalue weighted by Crippen LogP contribution is 2.02. The molecule has 0 spiro atoms. The zero-order chi connectivity index (χ0) is 11.1. The summed E-state index contributed by atoms with van der Waals surface area (Å²) in [6, 6.07) is 6.40. The molecule has 0 amide bonds. The largest absolute Gasteiger partial charge is 0.478 e. The molecule has 1 rings (SSSR count). The van der Waals surface area contributed by atoms with Crippen molar-refractivity contribution in [2.45, 2.75) is 13.3 Å². The highest BCUT2D eigenvalue weighted by Gasteiger charge is 1.99. The van der Waals surface area contributed by atoms with Crippen LogP contribution in [0.1, 0.15) is 29.3 Å². The Labute approximate surface area is 88.9 Å². The third kappa shape index (κ3) is 3.58. The number of hydrogen-bond acceptors (Lipinski definition) is 1. The first-order valence-electron chi connectivity index (χ1n) is 4.56. The second kappa shape index (κ2) is 5.52. The molecule has 0 aliphatic carbocycles. The van der Waals surface area contributed by atoms with Crippen LogP contribution in [0.2, 0.25) is 0 Å².